The van der Waals surface area contributed by atoms with Crippen molar-refractivity contribution in [2.45, 2.75) is 32.7 Å². The van der Waals surface area contributed by atoms with Gasteiger partial charge in [-0.1, -0.05) is 18.7 Å². The molecule has 1 N–H and O–H groups in total. The summed E-state index contributed by atoms with van der Waals surface area (Å²) in [5.74, 6) is 1.91. The van der Waals surface area contributed by atoms with Crippen LogP contribution in [0.3, 0.4) is 0 Å². The highest BCUT2D eigenvalue weighted by Crippen LogP contribution is 2.23. The second-order valence-corrected chi connectivity index (χ2v) is 6.46. The van der Waals surface area contributed by atoms with Gasteiger partial charge in [-0.15, -0.1) is 0 Å². The molecule has 1 unspecified atom stereocenters. The Labute approximate surface area is 103 Å². The lowest BCUT2D eigenvalue weighted by molar-refractivity contribution is 0.344. The number of likely N-dealkylation sites (tertiary alicyclic amines) is 1. The number of nitrogens with one attached hydrogen (secondary N) is 1. The molecule has 0 radical (unpaired) electrons. The van der Waals surface area contributed by atoms with Gasteiger partial charge in [-0.25, -0.2) is 0 Å². The van der Waals surface area contributed by atoms with Gasteiger partial charge in [-0.05, 0) is 39.3 Å². The van der Waals surface area contributed by atoms with Gasteiger partial charge in [0.15, 0.2) is 5.17 Å². The molecule has 0 saturated carbocycles. The van der Waals surface area contributed by atoms with Crippen LogP contribution in [0.15, 0.2) is 4.99 Å². The average molecular weight is 241 g/mol. The first kappa shape index (κ1) is 12.2. The molecule has 16 heavy (non-hydrogen) atoms. The van der Waals surface area contributed by atoms with E-state index < -0.39 is 0 Å². The fourth-order valence-electron chi connectivity index (χ4n) is 2.26. The minimum Gasteiger partial charge on any atom is -0.359 e. The molecule has 1 atom stereocenters. The van der Waals surface area contributed by atoms with Gasteiger partial charge in [0.1, 0.15) is 0 Å². The van der Waals surface area contributed by atoms with E-state index in [1.807, 2.05) is 11.8 Å². The van der Waals surface area contributed by atoms with E-state index in [-0.39, 0.29) is 5.54 Å². The van der Waals surface area contributed by atoms with Gasteiger partial charge in [0.25, 0.3) is 0 Å². The predicted molar refractivity (Wildman–Crippen MR) is 72.2 cm³/mol. The molecule has 3 nitrogen and oxygen atoms in total. The molecule has 2 saturated heterocycles. The van der Waals surface area contributed by atoms with E-state index in [0.717, 1.165) is 23.4 Å². The number of aliphatic imine (C=N–C) groups is 1. The fraction of sp³-hybridized carbons (Fsp3) is 0.917. The Bertz CT molecular complexity index is 275. The van der Waals surface area contributed by atoms with Gasteiger partial charge in [0, 0.05) is 24.4 Å². The second-order valence-electron chi connectivity index (χ2n) is 5.49. The maximum absolute atomic E-state index is 4.71. The van der Waals surface area contributed by atoms with Crippen molar-refractivity contribution in [1.29, 1.82) is 0 Å². The fourth-order valence-corrected chi connectivity index (χ4v) is 3.34. The molecule has 2 aliphatic rings. The lowest BCUT2D eigenvalue weighted by Crippen LogP contribution is -2.37. The lowest BCUT2D eigenvalue weighted by atomic mass is 10.1. The van der Waals surface area contributed by atoms with E-state index in [2.05, 4.69) is 31.0 Å². The Morgan fingerprint density at radius 1 is 1.56 bits per heavy atom. The highest BCUT2D eigenvalue weighted by molar-refractivity contribution is 8.14. The number of hydrogen-bond donors (Lipinski definition) is 1. The van der Waals surface area contributed by atoms with Crippen LogP contribution in [0.25, 0.3) is 0 Å². The summed E-state index contributed by atoms with van der Waals surface area (Å²) in [6, 6.07) is 0. The van der Waals surface area contributed by atoms with Crippen LogP contribution in [0, 0.1) is 5.92 Å². The van der Waals surface area contributed by atoms with E-state index in [9.17, 15) is 0 Å². The molecule has 0 spiro atoms. The van der Waals surface area contributed by atoms with Crippen molar-refractivity contribution < 1.29 is 0 Å². The molecule has 2 fully saturated rings. The molecule has 2 heterocycles. The van der Waals surface area contributed by atoms with Crippen LogP contribution in [0.5, 0.6) is 0 Å². The summed E-state index contributed by atoms with van der Waals surface area (Å²) < 4.78 is 0. The highest BCUT2D eigenvalue weighted by Gasteiger charge is 2.28. The molecule has 2 rings (SSSR count). The van der Waals surface area contributed by atoms with Crippen molar-refractivity contribution in [3.8, 4) is 0 Å². The molecule has 0 aromatic carbocycles. The minimum atomic E-state index is 0.231. The molecule has 4 heteroatoms. The first-order valence-electron chi connectivity index (χ1n) is 6.27. The zero-order valence-electron chi connectivity index (χ0n) is 10.6. The lowest BCUT2D eigenvalue weighted by Gasteiger charge is -2.16. The standard InChI is InChI=1S/C12H23N3S/c1-4-15-6-5-10(8-15)7-13-11-14-12(2,3)9-16-11/h10H,4-9H2,1-3H3,(H,13,14). The molecule has 0 bridgehead atoms. The summed E-state index contributed by atoms with van der Waals surface area (Å²) in [5.41, 5.74) is 0.231. The Balaban J connectivity index is 1.78. The summed E-state index contributed by atoms with van der Waals surface area (Å²) in [4.78, 5) is 7.23. The third-order valence-corrected chi connectivity index (χ3v) is 4.70. The van der Waals surface area contributed by atoms with Crippen LogP contribution < -0.4 is 5.32 Å². The quantitative estimate of drug-likeness (QED) is 0.816. The third-order valence-electron chi connectivity index (χ3n) is 3.33. The molecule has 2 aliphatic heterocycles. The number of amidine groups is 1. The van der Waals surface area contributed by atoms with E-state index in [1.54, 1.807) is 0 Å². The molecule has 0 aromatic rings. The SMILES string of the molecule is CCN1CCC(CN=C2NC(C)(C)CS2)C1. The van der Waals surface area contributed by atoms with Gasteiger partial charge < -0.3 is 10.2 Å². The van der Waals surface area contributed by atoms with Crippen LogP contribution in [-0.4, -0.2) is 47.5 Å². The van der Waals surface area contributed by atoms with Crippen molar-refractivity contribution in [3.63, 3.8) is 0 Å². The van der Waals surface area contributed by atoms with Crippen molar-refractivity contribution >= 4 is 16.9 Å². The molecule has 0 amide bonds. The summed E-state index contributed by atoms with van der Waals surface area (Å²) in [7, 11) is 0. The van der Waals surface area contributed by atoms with Crippen LogP contribution in [0.1, 0.15) is 27.2 Å². The number of nitrogens with zero attached hydrogens (tertiary/aromatic N) is 2. The van der Waals surface area contributed by atoms with Crippen molar-refractivity contribution in [2.75, 3.05) is 31.9 Å². The Hall–Kier alpha value is -0.220. The van der Waals surface area contributed by atoms with E-state index >= 15 is 0 Å². The van der Waals surface area contributed by atoms with E-state index in [1.165, 1.54) is 26.1 Å². The van der Waals surface area contributed by atoms with E-state index in [4.69, 9.17) is 4.99 Å². The Morgan fingerprint density at radius 2 is 2.38 bits per heavy atom. The van der Waals surface area contributed by atoms with Gasteiger partial charge in [0.2, 0.25) is 0 Å². The first-order chi connectivity index (χ1) is 7.59. The average Bonchev–Trinajstić information content (AvgIpc) is 2.81. The van der Waals surface area contributed by atoms with Gasteiger partial charge in [-0.2, -0.15) is 0 Å². The third kappa shape index (κ3) is 3.14. The van der Waals surface area contributed by atoms with Crippen molar-refractivity contribution in [3.05, 3.63) is 0 Å². The maximum Gasteiger partial charge on any atom is 0.157 e. The zero-order chi connectivity index (χ0) is 11.6. The molecule has 92 valence electrons. The maximum atomic E-state index is 4.71. The number of thioether (sulfide) groups is 1. The molecule has 0 aliphatic carbocycles. The highest BCUT2D eigenvalue weighted by atomic mass is 32.2. The van der Waals surface area contributed by atoms with E-state index in [0.29, 0.717) is 0 Å². The molecule has 0 aromatic heterocycles. The molecular formula is C12H23N3S. The van der Waals surface area contributed by atoms with Gasteiger partial charge in [-0.3, -0.25) is 4.99 Å². The van der Waals surface area contributed by atoms with Crippen LogP contribution in [-0.2, 0) is 0 Å². The van der Waals surface area contributed by atoms with Crippen LogP contribution >= 0.6 is 11.8 Å². The minimum absolute atomic E-state index is 0.231. The predicted octanol–water partition coefficient (Wildman–Crippen LogP) is 1.80. The summed E-state index contributed by atoms with van der Waals surface area (Å²) in [6.07, 6.45) is 1.32. The van der Waals surface area contributed by atoms with Crippen LogP contribution in [0.4, 0.5) is 0 Å². The smallest absolute Gasteiger partial charge is 0.157 e. The summed E-state index contributed by atoms with van der Waals surface area (Å²) in [6.45, 7) is 11.4. The summed E-state index contributed by atoms with van der Waals surface area (Å²) in [5, 5.41) is 4.63. The van der Waals surface area contributed by atoms with Gasteiger partial charge >= 0.3 is 0 Å². The Morgan fingerprint density at radius 3 is 2.94 bits per heavy atom. The zero-order valence-corrected chi connectivity index (χ0v) is 11.4. The molecular weight excluding hydrogens is 218 g/mol. The topological polar surface area (TPSA) is 27.6 Å². The monoisotopic (exact) mass is 241 g/mol. The van der Waals surface area contributed by atoms with Crippen molar-refractivity contribution in [1.82, 2.24) is 10.2 Å². The first-order valence-corrected chi connectivity index (χ1v) is 7.25. The summed E-state index contributed by atoms with van der Waals surface area (Å²) >= 11 is 1.86. The Kier molecular flexibility index (Phi) is 3.80. The largest absolute Gasteiger partial charge is 0.359 e. The second kappa shape index (κ2) is 4.96. The number of hydrogen-bond acceptors (Lipinski definition) is 3. The van der Waals surface area contributed by atoms with Crippen LogP contribution in [0.2, 0.25) is 0 Å². The van der Waals surface area contributed by atoms with Crippen molar-refractivity contribution in [2.24, 2.45) is 10.9 Å². The van der Waals surface area contributed by atoms with Gasteiger partial charge in [0.05, 0.1) is 0 Å². The number of rotatable bonds is 3. The normalized spacial score (nSPS) is 32.2.